The summed E-state index contributed by atoms with van der Waals surface area (Å²) in [4.78, 5) is 0. The van der Waals surface area contributed by atoms with Gasteiger partial charge in [-0.05, 0) is 0 Å². The molecule has 0 atom stereocenters. The Morgan fingerprint density at radius 2 is 2.20 bits per heavy atom. The zero-order chi connectivity index (χ0) is 9.80. The Morgan fingerprint density at radius 3 is 2.87 bits per heavy atom. The van der Waals surface area contributed by atoms with E-state index < -0.39 is 0 Å². The van der Waals surface area contributed by atoms with Gasteiger partial charge in [-0.25, -0.2) is 0 Å². The molecule has 0 bridgehead atoms. The van der Waals surface area contributed by atoms with Gasteiger partial charge < -0.3 is 0 Å². The molecule has 2 aliphatic carbocycles. The molecule has 15 heavy (non-hydrogen) atoms. The van der Waals surface area contributed by atoms with Crippen LogP contribution in [0.5, 0.6) is 0 Å². The topological polar surface area (TPSA) is 0 Å². The maximum atomic E-state index is 2.37. The molecule has 2 aliphatic rings. The van der Waals surface area contributed by atoms with Crippen LogP contribution in [0.25, 0.3) is 0 Å². The van der Waals surface area contributed by atoms with Crippen molar-refractivity contribution in [1.29, 1.82) is 0 Å². The second kappa shape index (κ2) is 6.76. The van der Waals surface area contributed by atoms with Crippen LogP contribution < -0.4 is 0 Å². The first-order valence-electron chi connectivity index (χ1n) is 5.24. The molecule has 86 valence electrons. The zero-order valence-electron chi connectivity index (χ0n) is 8.88. The summed E-state index contributed by atoms with van der Waals surface area (Å²) in [7, 11) is 0. The van der Waals surface area contributed by atoms with E-state index in [0.717, 1.165) is 0 Å². The molecule has 0 saturated heterocycles. The second-order valence-electron chi connectivity index (χ2n) is 3.52. The van der Waals surface area contributed by atoms with Crippen molar-refractivity contribution in [2.75, 3.05) is 0 Å². The number of rotatable bonds is 3. The maximum absolute atomic E-state index is 2.37. The fraction of sp³-hybridized carbons (Fsp3) is 0.385. The van der Waals surface area contributed by atoms with E-state index in [1.807, 2.05) is 0 Å². The first-order valence-corrected chi connectivity index (χ1v) is 7.64. The standard InChI is InChI=1S/C7H9.C6H7.2Ir/c1-2-7-5-3-4-6-7;1-2-4-6-5-3-1;;/h3-4H,2,5H2,1H3;1-3H,4,6H2;;. The van der Waals surface area contributed by atoms with Gasteiger partial charge in [-0.15, -0.1) is 0 Å². The summed E-state index contributed by atoms with van der Waals surface area (Å²) < 4.78 is 3.43. The van der Waals surface area contributed by atoms with Crippen LogP contribution in [0.2, 0.25) is 0 Å². The molecular formula is C13H16Ir2. The number of hydrogen-bond acceptors (Lipinski definition) is 0. The molecular weight excluding hydrogens is 541 g/mol. The summed E-state index contributed by atoms with van der Waals surface area (Å²) in [6, 6.07) is 0. The molecule has 1 radical (unpaired) electrons. The fourth-order valence-corrected chi connectivity index (χ4v) is 5.13. The molecule has 2 rings (SSSR count). The van der Waals surface area contributed by atoms with Gasteiger partial charge in [0.15, 0.2) is 0 Å². The molecule has 0 fully saturated rings. The Bertz CT molecular complexity index is 332. The zero-order valence-corrected chi connectivity index (χ0v) is 13.7. The van der Waals surface area contributed by atoms with Crippen molar-refractivity contribution in [2.45, 2.75) is 32.6 Å². The van der Waals surface area contributed by atoms with Crippen molar-refractivity contribution in [3.63, 3.8) is 0 Å². The van der Waals surface area contributed by atoms with Crippen LogP contribution in [0.3, 0.4) is 0 Å². The van der Waals surface area contributed by atoms with E-state index in [2.05, 4.69) is 37.3 Å². The molecule has 0 aliphatic heterocycles. The molecule has 0 spiro atoms. The maximum Gasteiger partial charge on any atom is 0 e. The summed E-state index contributed by atoms with van der Waals surface area (Å²) in [6.07, 6.45) is 16.6. The molecule has 0 amide bonds. The molecule has 0 saturated carbocycles. The molecule has 0 aromatic carbocycles. The van der Waals surface area contributed by atoms with E-state index in [4.69, 9.17) is 0 Å². The van der Waals surface area contributed by atoms with E-state index in [1.165, 1.54) is 25.7 Å². The van der Waals surface area contributed by atoms with Gasteiger partial charge in [0, 0.05) is 20.1 Å². The average Bonchev–Trinajstić information content (AvgIpc) is 2.67. The summed E-state index contributed by atoms with van der Waals surface area (Å²) in [5, 5.41) is 0. The molecule has 0 aromatic rings. The summed E-state index contributed by atoms with van der Waals surface area (Å²) >= 11 is 0.0161. The number of hydrogen-bond donors (Lipinski definition) is 0. The van der Waals surface area contributed by atoms with Crippen LogP contribution in [0.1, 0.15) is 32.6 Å². The molecule has 0 N–H and O–H groups in total. The van der Waals surface area contributed by atoms with Gasteiger partial charge in [0.1, 0.15) is 0 Å². The SMILES string of the molecule is CCC1=[C]([Ir][C]2=CC=CCC2)C=CC1.[Ir]. The van der Waals surface area contributed by atoms with Crippen molar-refractivity contribution < 1.29 is 37.8 Å². The quantitative estimate of drug-likeness (QED) is 0.495. The van der Waals surface area contributed by atoms with Crippen molar-refractivity contribution in [1.82, 2.24) is 0 Å². The van der Waals surface area contributed by atoms with E-state index in [1.54, 1.807) is 13.7 Å². The monoisotopic (exact) mass is 558 g/mol. The van der Waals surface area contributed by atoms with Crippen LogP contribution in [-0.4, -0.2) is 0 Å². The van der Waals surface area contributed by atoms with E-state index in [9.17, 15) is 0 Å². The Morgan fingerprint density at radius 1 is 1.33 bits per heavy atom. The molecule has 2 heteroatoms. The van der Waals surface area contributed by atoms with Gasteiger partial charge in [-0.2, -0.15) is 0 Å². The largest absolute Gasteiger partial charge is 0 e. The van der Waals surface area contributed by atoms with Gasteiger partial charge in [0.25, 0.3) is 0 Å². The van der Waals surface area contributed by atoms with Crippen LogP contribution in [0, 0.1) is 0 Å². The summed E-state index contributed by atoms with van der Waals surface area (Å²) in [5.41, 5.74) is 1.69. The van der Waals surface area contributed by atoms with Gasteiger partial charge >= 0.3 is 94.4 Å². The average molecular weight is 557 g/mol. The van der Waals surface area contributed by atoms with E-state index in [-0.39, 0.29) is 37.8 Å². The third kappa shape index (κ3) is 3.64. The van der Waals surface area contributed by atoms with Crippen LogP contribution in [0.4, 0.5) is 0 Å². The van der Waals surface area contributed by atoms with Crippen LogP contribution >= 0.6 is 0 Å². The van der Waals surface area contributed by atoms with E-state index in [0.29, 0.717) is 0 Å². The van der Waals surface area contributed by atoms with Gasteiger partial charge in [-0.1, -0.05) is 0 Å². The predicted octanol–water partition coefficient (Wildman–Crippen LogP) is 3.92. The Balaban J connectivity index is 0.00000112. The predicted molar refractivity (Wildman–Crippen MR) is 57.5 cm³/mol. The minimum Gasteiger partial charge on any atom is 0 e. The summed E-state index contributed by atoms with van der Waals surface area (Å²) in [5.74, 6) is 0. The second-order valence-corrected chi connectivity index (χ2v) is 6.95. The van der Waals surface area contributed by atoms with E-state index >= 15 is 0 Å². The van der Waals surface area contributed by atoms with Gasteiger partial charge in [0.2, 0.25) is 0 Å². The van der Waals surface area contributed by atoms with Crippen molar-refractivity contribution >= 4 is 0 Å². The minimum absolute atomic E-state index is 0. The first-order chi connectivity index (χ1) is 6.90. The fourth-order valence-electron chi connectivity index (χ4n) is 1.65. The van der Waals surface area contributed by atoms with Crippen LogP contribution in [0.15, 0.2) is 44.1 Å². The van der Waals surface area contributed by atoms with Crippen molar-refractivity contribution in [3.8, 4) is 0 Å². The van der Waals surface area contributed by atoms with Gasteiger partial charge in [0.05, 0.1) is 0 Å². The molecule has 0 unspecified atom stereocenters. The van der Waals surface area contributed by atoms with Crippen LogP contribution in [-0.2, 0) is 37.8 Å². The Hall–Kier alpha value is 0.259. The third-order valence-electron chi connectivity index (χ3n) is 2.51. The van der Waals surface area contributed by atoms with Crippen molar-refractivity contribution in [2.24, 2.45) is 0 Å². The Kier molecular flexibility index (Phi) is 6.00. The molecule has 0 heterocycles. The minimum atomic E-state index is 0. The molecule has 0 aromatic heterocycles. The summed E-state index contributed by atoms with van der Waals surface area (Å²) in [6.45, 7) is 2.28. The number of allylic oxidation sites excluding steroid dienone is 8. The van der Waals surface area contributed by atoms with Crippen molar-refractivity contribution in [3.05, 3.63) is 44.1 Å². The Labute approximate surface area is 114 Å². The van der Waals surface area contributed by atoms with Gasteiger partial charge in [-0.3, -0.25) is 0 Å². The normalized spacial score (nSPS) is 19.4. The smallest absolute Gasteiger partial charge is 0 e. The molecule has 0 nitrogen and oxygen atoms in total. The third-order valence-corrected chi connectivity index (χ3v) is 6.17. The first kappa shape index (κ1) is 13.3.